The molecule has 3 rings (SSSR count). The van der Waals surface area contributed by atoms with E-state index < -0.39 is 22.5 Å². The number of rotatable bonds is 1. The zero-order valence-electron chi connectivity index (χ0n) is 17.8. The van der Waals surface area contributed by atoms with E-state index in [0.29, 0.717) is 17.8 Å². The molecule has 0 aromatic carbocycles. The standard InChI is InChI=1S/C21H31N3O4/c1-19(2,3)28-18(27)22-17-13-8-9-14-20(4,5)16(26)12(11-25)10-21(14,6)15(13)23-24(17)7/h11,14,25H,8-10H2,1-7H3,(H,22,27)/b12-11-/t14-,21-/m0/s1. The van der Waals surface area contributed by atoms with Crippen molar-refractivity contribution >= 4 is 17.7 Å². The number of hydrogen-bond acceptors (Lipinski definition) is 5. The Bertz CT molecular complexity index is 860. The molecule has 2 aliphatic rings. The second kappa shape index (κ2) is 6.36. The van der Waals surface area contributed by atoms with Gasteiger partial charge in [-0.3, -0.25) is 14.8 Å². The minimum atomic E-state index is -0.589. The minimum absolute atomic E-state index is 0.00367. The summed E-state index contributed by atoms with van der Waals surface area (Å²) >= 11 is 0. The van der Waals surface area contributed by atoms with E-state index in [-0.39, 0.29) is 11.7 Å². The number of allylic oxidation sites excluding steroid dienone is 1. The lowest BCUT2D eigenvalue weighted by molar-refractivity contribution is -0.131. The van der Waals surface area contributed by atoms with Crippen LogP contribution in [0.5, 0.6) is 0 Å². The molecule has 0 unspecified atom stereocenters. The fourth-order valence-electron chi connectivity index (χ4n) is 5.11. The Hall–Kier alpha value is -2.31. The Kier molecular flexibility index (Phi) is 4.64. The molecule has 1 aromatic heterocycles. The van der Waals surface area contributed by atoms with Crippen molar-refractivity contribution in [2.45, 2.75) is 71.8 Å². The van der Waals surface area contributed by atoms with E-state index in [2.05, 4.69) is 12.2 Å². The smallest absolute Gasteiger partial charge is 0.413 e. The summed E-state index contributed by atoms with van der Waals surface area (Å²) in [6, 6.07) is 0. The summed E-state index contributed by atoms with van der Waals surface area (Å²) in [5, 5.41) is 17.2. The van der Waals surface area contributed by atoms with Crippen LogP contribution in [-0.2, 0) is 28.4 Å². The van der Waals surface area contributed by atoms with Gasteiger partial charge in [0.25, 0.3) is 0 Å². The fourth-order valence-corrected chi connectivity index (χ4v) is 5.11. The van der Waals surface area contributed by atoms with E-state index in [9.17, 15) is 14.7 Å². The van der Waals surface area contributed by atoms with Crippen LogP contribution in [0, 0.1) is 11.3 Å². The van der Waals surface area contributed by atoms with Crippen molar-refractivity contribution in [1.29, 1.82) is 0 Å². The molecule has 0 saturated heterocycles. The number of aliphatic hydroxyl groups is 1. The molecule has 7 heteroatoms. The van der Waals surface area contributed by atoms with Gasteiger partial charge < -0.3 is 9.84 Å². The van der Waals surface area contributed by atoms with E-state index in [1.807, 2.05) is 34.6 Å². The number of aliphatic hydroxyl groups excluding tert-OH is 1. The summed E-state index contributed by atoms with van der Waals surface area (Å²) in [6.07, 6.45) is 2.41. The first kappa shape index (κ1) is 20.4. The second-order valence-electron chi connectivity index (χ2n) is 9.82. The summed E-state index contributed by atoms with van der Waals surface area (Å²) in [4.78, 5) is 25.1. The maximum absolute atomic E-state index is 12.8. The first-order valence-corrected chi connectivity index (χ1v) is 9.75. The zero-order chi connectivity index (χ0) is 21.1. The molecule has 0 spiro atoms. The number of carbonyl (C=O) groups is 2. The van der Waals surface area contributed by atoms with E-state index in [4.69, 9.17) is 9.84 Å². The summed E-state index contributed by atoms with van der Waals surface area (Å²) in [5.74, 6) is 0.741. The highest BCUT2D eigenvalue weighted by Gasteiger charge is 2.57. The topological polar surface area (TPSA) is 93.5 Å². The van der Waals surface area contributed by atoms with Crippen molar-refractivity contribution < 1.29 is 19.4 Å². The van der Waals surface area contributed by atoms with Crippen LogP contribution in [0.2, 0.25) is 0 Å². The molecule has 0 aliphatic heterocycles. The lowest BCUT2D eigenvalue weighted by atomic mass is 9.50. The van der Waals surface area contributed by atoms with Gasteiger partial charge in [0.2, 0.25) is 0 Å². The van der Waals surface area contributed by atoms with Gasteiger partial charge in [-0.15, -0.1) is 0 Å². The SMILES string of the molecule is Cn1nc2c(c1NC(=O)OC(C)(C)C)CC[C@H]1C(C)(C)C(=O)/C(=C\O)C[C@]21C. The Labute approximate surface area is 166 Å². The molecular formula is C21H31N3O4. The number of carbonyl (C=O) groups excluding carboxylic acids is 2. The van der Waals surface area contributed by atoms with Crippen LogP contribution >= 0.6 is 0 Å². The highest BCUT2D eigenvalue weighted by Crippen LogP contribution is 2.57. The Balaban J connectivity index is 2.02. The van der Waals surface area contributed by atoms with Gasteiger partial charge >= 0.3 is 6.09 Å². The maximum atomic E-state index is 12.8. The van der Waals surface area contributed by atoms with Gasteiger partial charge in [-0.1, -0.05) is 20.8 Å². The number of Topliss-reactive ketones (excluding diaryl/α,β-unsaturated/α-hetero) is 1. The molecule has 2 atom stereocenters. The van der Waals surface area contributed by atoms with Gasteiger partial charge in [-0.25, -0.2) is 4.79 Å². The summed E-state index contributed by atoms with van der Waals surface area (Å²) < 4.78 is 7.07. The number of ether oxygens (including phenoxy) is 1. The molecule has 7 nitrogen and oxygen atoms in total. The number of nitrogens with one attached hydrogen (secondary N) is 1. The van der Waals surface area contributed by atoms with Gasteiger partial charge in [0.15, 0.2) is 5.78 Å². The van der Waals surface area contributed by atoms with Crippen LogP contribution in [0.15, 0.2) is 11.8 Å². The summed E-state index contributed by atoms with van der Waals surface area (Å²) in [5.41, 5.74) is 0.727. The highest BCUT2D eigenvalue weighted by molar-refractivity contribution is 6.01. The molecule has 1 fully saturated rings. The fraction of sp³-hybridized carbons (Fsp3) is 0.667. The van der Waals surface area contributed by atoms with Crippen molar-refractivity contribution in [3.8, 4) is 0 Å². The summed E-state index contributed by atoms with van der Waals surface area (Å²) in [7, 11) is 1.80. The Morgan fingerprint density at radius 1 is 1.36 bits per heavy atom. The van der Waals surface area contributed by atoms with Gasteiger partial charge in [0.05, 0.1) is 12.0 Å². The van der Waals surface area contributed by atoms with Crippen molar-refractivity contribution in [3.05, 3.63) is 23.1 Å². The number of fused-ring (bicyclic) bond motifs is 3. The number of aryl methyl sites for hydroxylation is 1. The van der Waals surface area contributed by atoms with Crippen molar-refractivity contribution in [2.75, 3.05) is 5.32 Å². The third kappa shape index (κ3) is 3.10. The van der Waals surface area contributed by atoms with Gasteiger partial charge in [0, 0.05) is 29.0 Å². The van der Waals surface area contributed by atoms with E-state index in [1.54, 1.807) is 11.7 Å². The van der Waals surface area contributed by atoms with E-state index >= 15 is 0 Å². The Morgan fingerprint density at radius 3 is 2.57 bits per heavy atom. The number of ketones is 1. The predicted molar refractivity (Wildman–Crippen MR) is 106 cm³/mol. The normalized spacial score (nSPS) is 27.9. The number of amides is 1. The predicted octanol–water partition coefficient (Wildman–Crippen LogP) is 4.03. The van der Waals surface area contributed by atoms with Crippen molar-refractivity contribution in [1.82, 2.24) is 9.78 Å². The monoisotopic (exact) mass is 389 g/mol. The third-order valence-corrected chi connectivity index (χ3v) is 6.22. The van der Waals surface area contributed by atoms with E-state index in [1.165, 1.54) is 0 Å². The highest BCUT2D eigenvalue weighted by atomic mass is 16.6. The van der Waals surface area contributed by atoms with Gasteiger partial charge in [-0.2, -0.15) is 5.10 Å². The molecule has 2 aliphatic carbocycles. The third-order valence-electron chi connectivity index (χ3n) is 6.22. The average Bonchev–Trinajstić information content (AvgIpc) is 2.87. The van der Waals surface area contributed by atoms with Crippen LogP contribution in [0.1, 0.15) is 65.6 Å². The second-order valence-corrected chi connectivity index (χ2v) is 9.82. The van der Waals surface area contributed by atoms with Crippen LogP contribution in [-0.4, -0.2) is 32.4 Å². The Morgan fingerprint density at radius 2 is 2.00 bits per heavy atom. The molecule has 1 aromatic rings. The van der Waals surface area contributed by atoms with Crippen LogP contribution in [0.4, 0.5) is 10.6 Å². The number of anilines is 1. The zero-order valence-corrected chi connectivity index (χ0v) is 17.8. The number of aromatic nitrogens is 2. The summed E-state index contributed by atoms with van der Waals surface area (Å²) in [6.45, 7) is 11.5. The first-order valence-electron chi connectivity index (χ1n) is 9.75. The lowest BCUT2D eigenvalue weighted by Gasteiger charge is -2.52. The van der Waals surface area contributed by atoms with Crippen LogP contribution < -0.4 is 5.32 Å². The lowest BCUT2D eigenvalue weighted by Crippen LogP contribution is -2.53. The first-order chi connectivity index (χ1) is 12.8. The molecule has 154 valence electrons. The quantitative estimate of drug-likeness (QED) is 0.559. The van der Waals surface area contributed by atoms with Crippen LogP contribution in [0.3, 0.4) is 0 Å². The average molecular weight is 389 g/mol. The molecule has 1 amide bonds. The molecule has 0 radical (unpaired) electrons. The molecule has 1 heterocycles. The molecular weight excluding hydrogens is 358 g/mol. The molecule has 0 bridgehead atoms. The number of nitrogens with zero attached hydrogens (tertiary/aromatic N) is 2. The molecule has 2 N–H and O–H groups in total. The molecule has 1 saturated carbocycles. The van der Waals surface area contributed by atoms with E-state index in [0.717, 1.165) is 30.4 Å². The van der Waals surface area contributed by atoms with Gasteiger partial charge in [0.1, 0.15) is 11.4 Å². The van der Waals surface area contributed by atoms with Crippen molar-refractivity contribution in [3.63, 3.8) is 0 Å². The van der Waals surface area contributed by atoms with Crippen molar-refractivity contribution in [2.24, 2.45) is 18.4 Å². The number of hydrogen-bond donors (Lipinski definition) is 2. The largest absolute Gasteiger partial charge is 0.515 e. The minimum Gasteiger partial charge on any atom is -0.515 e. The maximum Gasteiger partial charge on any atom is 0.413 e. The van der Waals surface area contributed by atoms with Crippen LogP contribution in [0.25, 0.3) is 0 Å². The van der Waals surface area contributed by atoms with Gasteiger partial charge in [-0.05, 0) is 46.0 Å². The molecule has 28 heavy (non-hydrogen) atoms.